The molecule has 8 heterocycles. The number of likely N-dealkylation sites (N-methyl/N-ethyl adjacent to an activating group) is 4. The van der Waals surface area contributed by atoms with Crippen LogP contribution in [0.2, 0.25) is 20.1 Å². The van der Waals surface area contributed by atoms with Crippen molar-refractivity contribution >= 4 is 98.0 Å². The molecule has 0 aliphatic carbocycles. The fourth-order valence-electron chi connectivity index (χ4n) is 9.61. The Hall–Kier alpha value is -2.67. The van der Waals surface area contributed by atoms with Gasteiger partial charge in [0, 0.05) is 137 Å². The largest absolute Gasteiger partial charge is 0.397 e. The fraction of sp³-hybridized carbons (Fsp3) is 0.623. The number of piperazine rings is 4. The number of nitrogens with zero attached hydrogens (tertiary/aromatic N) is 12. The standard InChI is InChI=1S/C14H22ClN3.C13H19ClIN3.C13H21ClN4.C13H20ClN3/c1-10(2)13-9-17(4)5-6-18(13)14-7-11(3)12(15)8-16-14;2*1-9(2)12-8-17(3)4-5-18(12)13-6-11(15)10(14)7-16-13;1-10(2)12-9-16(3)6-7-17(12)13-5-4-11(14)8-15-13/h7-8,10,13H,5-6,9H2,1-4H3;6-7,9,12H,4-5,8H2,1-3H3;6-7,9,12H,4-5,8H2,1-3H3,(H2,15,16);4-5,8,10,12H,6-7,9H2,1-3H3/t13-;3*12-/m1111/s1. The third kappa shape index (κ3) is 16.9. The van der Waals surface area contributed by atoms with Gasteiger partial charge < -0.3 is 44.9 Å². The van der Waals surface area contributed by atoms with Gasteiger partial charge in [-0.1, -0.05) is 102 Å². The van der Waals surface area contributed by atoms with Crippen LogP contribution in [0.25, 0.3) is 0 Å². The van der Waals surface area contributed by atoms with Crippen LogP contribution in [0.3, 0.4) is 0 Å². The molecule has 4 aliphatic rings. The first-order valence-corrected chi connectivity index (χ1v) is 27.9. The number of anilines is 5. The first-order chi connectivity index (χ1) is 33.5. The molecule has 394 valence electrons. The van der Waals surface area contributed by atoms with Crippen molar-refractivity contribution in [3.05, 3.63) is 84.3 Å². The maximum Gasteiger partial charge on any atom is 0.130 e. The van der Waals surface area contributed by atoms with Crippen LogP contribution >= 0.6 is 69.0 Å². The summed E-state index contributed by atoms with van der Waals surface area (Å²) in [5, 5.41) is 2.70. The molecule has 4 fully saturated rings. The van der Waals surface area contributed by atoms with Gasteiger partial charge in [0.15, 0.2) is 0 Å². The van der Waals surface area contributed by atoms with Crippen molar-refractivity contribution in [2.75, 3.05) is 132 Å². The predicted octanol–water partition coefficient (Wildman–Crippen LogP) is 10.5. The monoisotopic (exact) mass is 1170 g/mol. The first-order valence-electron chi connectivity index (χ1n) is 25.3. The zero-order valence-corrected chi connectivity index (χ0v) is 49.8. The van der Waals surface area contributed by atoms with E-state index < -0.39 is 0 Å². The average Bonchev–Trinajstić information content (AvgIpc) is 3.32. The van der Waals surface area contributed by atoms with Gasteiger partial charge in [0.2, 0.25) is 0 Å². The summed E-state index contributed by atoms with van der Waals surface area (Å²) in [6.07, 6.45) is 6.89. The molecule has 2 N–H and O–H groups in total. The summed E-state index contributed by atoms with van der Waals surface area (Å²) in [4.78, 5) is 37.0. The van der Waals surface area contributed by atoms with E-state index in [1.165, 1.54) is 0 Å². The Morgan fingerprint density at radius 2 is 0.803 bits per heavy atom. The molecule has 18 heteroatoms. The number of hydrogen-bond donors (Lipinski definition) is 1. The summed E-state index contributed by atoms with van der Waals surface area (Å²) in [6.45, 7) is 32.9. The Morgan fingerprint density at radius 3 is 1.14 bits per heavy atom. The van der Waals surface area contributed by atoms with Gasteiger partial charge in [-0.15, -0.1) is 0 Å². The second-order valence-corrected chi connectivity index (χ2v) is 24.0. The molecule has 4 saturated heterocycles. The summed E-state index contributed by atoms with van der Waals surface area (Å²) in [7, 11) is 8.72. The molecule has 0 unspecified atom stereocenters. The van der Waals surface area contributed by atoms with Crippen molar-refractivity contribution in [3.63, 3.8) is 0 Å². The van der Waals surface area contributed by atoms with E-state index in [2.05, 4.69) is 177 Å². The lowest BCUT2D eigenvalue weighted by Gasteiger charge is -2.43. The summed E-state index contributed by atoms with van der Waals surface area (Å²) in [6, 6.07) is 12.0. The number of nitrogen functional groups attached to an aromatic ring is 1. The van der Waals surface area contributed by atoms with Crippen LogP contribution in [0, 0.1) is 34.2 Å². The molecule has 0 bridgehead atoms. The van der Waals surface area contributed by atoms with Crippen molar-refractivity contribution in [3.8, 4) is 0 Å². The van der Waals surface area contributed by atoms with E-state index in [1.54, 1.807) is 24.8 Å². The average molecular weight is 1170 g/mol. The number of pyridine rings is 4. The molecule has 0 amide bonds. The Morgan fingerprint density at radius 1 is 0.465 bits per heavy atom. The van der Waals surface area contributed by atoms with Crippen molar-refractivity contribution in [2.45, 2.75) is 86.5 Å². The smallest absolute Gasteiger partial charge is 0.130 e. The molecule has 13 nitrogen and oxygen atoms in total. The van der Waals surface area contributed by atoms with Gasteiger partial charge in [-0.25, -0.2) is 19.9 Å². The quantitative estimate of drug-likeness (QED) is 0.170. The molecule has 0 spiro atoms. The van der Waals surface area contributed by atoms with Crippen LogP contribution in [-0.2, 0) is 0 Å². The van der Waals surface area contributed by atoms with Gasteiger partial charge in [0.05, 0.1) is 25.8 Å². The lowest BCUT2D eigenvalue weighted by Crippen LogP contribution is -2.54. The molecular weight excluding hydrogens is 1090 g/mol. The fourth-order valence-corrected chi connectivity index (χ4v) is 10.5. The molecular formula is C53H82Cl4IN13. The van der Waals surface area contributed by atoms with Crippen LogP contribution < -0.4 is 25.3 Å². The minimum absolute atomic E-state index is 0.469. The number of rotatable bonds is 8. The zero-order chi connectivity index (χ0) is 52.3. The summed E-state index contributed by atoms with van der Waals surface area (Å²) >= 11 is 26.2. The van der Waals surface area contributed by atoms with Crippen LogP contribution in [0.4, 0.5) is 29.0 Å². The molecule has 4 atom stereocenters. The van der Waals surface area contributed by atoms with E-state index in [-0.39, 0.29) is 0 Å². The van der Waals surface area contributed by atoms with Crippen LogP contribution in [0.1, 0.15) is 61.0 Å². The Balaban J connectivity index is 0.000000176. The minimum Gasteiger partial charge on any atom is -0.397 e. The maximum absolute atomic E-state index is 6.05. The zero-order valence-electron chi connectivity index (χ0n) is 44.6. The van der Waals surface area contributed by atoms with Gasteiger partial charge in [-0.05, 0) is 111 Å². The third-order valence-corrected chi connectivity index (χ3v) is 16.6. The Labute approximate surface area is 460 Å². The highest BCUT2D eigenvalue weighted by molar-refractivity contribution is 14.1. The third-order valence-electron chi connectivity index (χ3n) is 14.2. The lowest BCUT2D eigenvalue weighted by molar-refractivity contribution is 0.236. The van der Waals surface area contributed by atoms with Gasteiger partial charge in [0.25, 0.3) is 0 Å². The second-order valence-electron chi connectivity index (χ2n) is 21.2. The SMILES string of the molecule is CC(C)[C@H]1CN(C)CCN1c1cc(I)c(Cl)cn1.CC(C)[C@H]1CN(C)CCN1c1cc(N)c(Cl)cn1.CC(C)[C@H]1CN(C)CCN1c1ccc(Cl)cn1.Cc1cc(N2CCN(C)C[C@@H]2C(C)C)ncc1Cl. The Bertz CT molecular complexity index is 2070. The topological polar surface area (TPSA) is 103 Å². The predicted molar refractivity (Wildman–Crippen MR) is 313 cm³/mol. The number of halogens is 5. The summed E-state index contributed by atoms with van der Waals surface area (Å²) < 4.78 is 1.07. The maximum atomic E-state index is 6.05. The van der Waals surface area contributed by atoms with Gasteiger partial charge >= 0.3 is 0 Å². The molecule has 8 rings (SSSR count). The van der Waals surface area contributed by atoms with Gasteiger partial charge in [0.1, 0.15) is 23.3 Å². The molecule has 4 aliphatic heterocycles. The molecule has 71 heavy (non-hydrogen) atoms. The van der Waals surface area contributed by atoms with Crippen molar-refractivity contribution < 1.29 is 0 Å². The molecule has 4 aromatic heterocycles. The molecule has 4 aromatic rings. The van der Waals surface area contributed by atoms with E-state index in [4.69, 9.17) is 52.1 Å². The van der Waals surface area contributed by atoms with Crippen LogP contribution in [0.15, 0.2) is 55.1 Å². The van der Waals surface area contributed by atoms with Crippen molar-refractivity contribution in [2.24, 2.45) is 23.7 Å². The van der Waals surface area contributed by atoms with Crippen LogP contribution in [0.5, 0.6) is 0 Å². The number of aryl methyl sites for hydroxylation is 1. The number of hydrogen-bond acceptors (Lipinski definition) is 13. The van der Waals surface area contributed by atoms with E-state index in [0.717, 1.165) is 121 Å². The second kappa shape index (κ2) is 27.7. The van der Waals surface area contributed by atoms with Gasteiger partial charge in [-0.3, -0.25) is 0 Å². The van der Waals surface area contributed by atoms with E-state index >= 15 is 0 Å². The molecule has 0 aromatic carbocycles. The highest BCUT2D eigenvalue weighted by Crippen LogP contribution is 2.30. The van der Waals surface area contributed by atoms with E-state index in [9.17, 15) is 0 Å². The Kier molecular flexibility index (Phi) is 23.1. The van der Waals surface area contributed by atoms with E-state index in [1.807, 2.05) is 25.1 Å². The first kappa shape index (κ1) is 59.2. The number of nitrogens with two attached hydrogens (primary N) is 1. The van der Waals surface area contributed by atoms with Crippen LogP contribution in [-0.4, -0.2) is 170 Å². The van der Waals surface area contributed by atoms with E-state index in [0.29, 0.717) is 63.6 Å². The minimum atomic E-state index is 0.469. The highest BCUT2D eigenvalue weighted by Gasteiger charge is 2.32. The number of aromatic nitrogens is 4. The summed E-state index contributed by atoms with van der Waals surface area (Å²) in [5.74, 6) is 6.51. The normalized spacial score (nSPS) is 21.8. The van der Waals surface area contributed by atoms with Crippen molar-refractivity contribution in [1.29, 1.82) is 0 Å². The molecule has 0 radical (unpaired) electrons. The van der Waals surface area contributed by atoms with Gasteiger partial charge in [-0.2, -0.15) is 0 Å². The lowest BCUT2D eigenvalue weighted by atomic mass is 9.99. The van der Waals surface area contributed by atoms with Crippen molar-refractivity contribution in [1.82, 2.24) is 39.5 Å². The highest BCUT2D eigenvalue weighted by atomic mass is 127. The summed E-state index contributed by atoms with van der Waals surface area (Å²) in [5.41, 5.74) is 7.57. The molecule has 0 saturated carbocycles.